The van der Waals surface area contributed by atoms with Crippen LogP contribution in [0, 0.1) is 0 Å². The molecule has 4 aromatic carbocycles. The van der Waals surface area contributed by atoms with Gasteiger partial charge in [0.15, 0.2) is 0 Å². The molecule has 144 valence electrons. The molecule has 1 nitrogen and oxygen atoms in total. The summed E-state index contributed by atoms with van der Waals surface area (Å²) < 4.78 is 5.48. The van der Waals surface area contributed by atoms with Gasteiger partial charge in [0.25, 0.3) is 0 Å². The molecular weight excluding hydrogens is 395 g/mol. The van der Waals surface area contributed by atoms with E-state index in [0.717, 1.165) is 5.56 Å². The zero-order valence-corrected chi connectivity index (χ0v) is 17.9. The molecule has 0 saturated heterocycles. The van der Waals surface area contributed by atoms with E-state index in [0.29, 0.717) is 10.8 Å². The van der Waals surface area contributed by atoms with Crippen LogP contribution in [0.3, 0.4) is 0 Å². The van der Waals surface area contributed by atoms with Crippen molar-refractivity contribution in [2.45, 2.75) is 0 Å². The van der Waals surface area contributed by atoms with Crippen molar-refractivity contribution in [1.82, 2.24) is 0 Å². The topological polar surface area (TPSA) is 9.23 Å². The molecule has 0 aliphatic rings. The zero-order chi connectivity index (χ0) is 20.1. The van der Waals surface area contributed by atoms with Crippen molar-refractivity contribution in [3.63, 3.8) is 0 Å². The Kier molecular flexibility index (Phi) is 5.90. The summed E-state index contributed by atoms with van der Waals surface area (Å²) in [5.74, 6) is 3.10. The van der Waals surface area contributed by atoms with Gasteiger partial charge >= 0.3 is 0 Å². The monoisotopic (exact) mass is 416 g/mol. The van der Waals surface area contributed by atoms with E-state index in [1.54, 1.807) is 7.11 Å². The summed E-state index contributed by atoms with van der Waals surface area (Å²) in [6.07, 6.45) is 0. The van der Waals surface area contributed by atoms with E-state index < -0.39 is 6.89 Å². The fraction of sp³-hybridized carbons (Fsp3) is 0.0385. The summed E-state index contributed by atoms with van der Waals surface area (Å²) in [6.45, 7) is -2.04. The van der Waals surface area contributed by atoms with E-state index in [4.69, 9.17) is 16.3 Å². The Bertz CT molecular complexity index is 1040. The number of ether oxygens (including phenoxy) is 1. The second-order valence-electron chi connectivity index (χ2n) is 6.75. The normalized spacial score (nSPS) is 11.1. The lowest BCUT2D eigenvalue weighted by molar-refractivity contribution is 0.415. The maximum atomic E-state index is 6.29. The van der Waals surface area contributed by atoms with Gasteiger partial charge in [-0.05, 0) is 46.3 Å². The Morgan fingerprint density at radius 2 is 1.10 bits per heavy atom. The number of hydrogen-bond donors (Lipinski definition) is 0. The van der Waals surface area contributed by atoms with Crippen LogP contribution in [-0.4, -0.2) is 12.9 Å². The maximum Gasteiger partial charge on any atom is 0.138 e. The molecule has 0 spiro atoms. The first kappa shape index (κ1) is 19.6. The smallest absolute Gasteiger partial charge is 0.138 e. The molecule has 3 heteroatoms. The molecule has 29 heavy (non-hydrogen) atoms. The zero-order valence-electron chi connectivity index (χ0n) is 16.2. The largest absolute Gasteiger partial charge is 0.495 e. The summed E-state index contributed by atoms with van der Waals surface area (Å²) in [7, 11) is 1.65. The highest BCUT2D eigenvalue weighted by atomic mass is 35.5. The molecule has 0 aliphatic heterocycles. The second kappa shape index (κ2) is 8.74. The second-order valence-corrected chi connectivity index (χ2v) is 10.4. The molecule has 0 atom stereocenters. The average Bonchev–Trinajstić information content (AvgIpc) is 2.80. The molecule has 0 aromatic heterocycles. The Balaban J connectivity index is 2.11. The van der Waals surface area contributed by atoms with Gasteiger partial charge in [0.1, 0.15) is 5.75 Å². The van der Waals surface area contributed by atoms with E-state index in [2.05, 4.69) is 103 Å². The van der Waals surface area contributed by atoms with Crippen LogP contribution in [-0.2, 0) is 0 Å². The first-order chi connectivity index (χ1) is 14.2. The molecule has 0 bridgehead atoms. The number of rotatable bonds is 5. The van der Waals surface area contributed by atoms with Crippen LogP contribution in [0.1, 0.15) is 5.56 Å². The molecule has 4 rings (SSSR count). The first-order valence-electron chi connectivity index (χ1n) is 9.49. The van der Waals surface area contributed by atoms with Crippen LogP contribution >= 0.6 is 18.5 Å². The van der Waals surface area contributed by atoms with Crippen LogP contribution < -0.4 is 20.7 Å². The van der Waals surface area contributed by atoms with E-state index in [1.165, 1.54) is 15.9 Å². The molecule has 0 radical (unpaired) electrons. The minimum absolute atomic E-state index is 0.618. The third kappa shape index (κ3) is 3.90. The van der Waals surface area contributed by atoms with Gasteiger partial charge in [0, 0.05) is 0 Å². The molecule has 0 fully saturated rings. The summed E-state index contributed by atoms with van der Waals surface area (Å²) in [5.41, 5.74) is 1.09. The van der Waals surface area contributed by atoms with Crippen molar-refractivity contribution >= 4 is 40.2 Å². The van der Waals surface area contributed by atoms with Crippen molar-refractivity contribution in [3.05, 3.63) is 120 Å². The summed E-state index contributed by atoms with van der Waals surface area (Å²) in [6, 6.07) is 38.3. The van der Waals surface area contributed by atoms with Gasteiger partial charge in [-0.1, -0.05) is 109 Å². The molecular formula is C26H22ClOP. The molecule has 0 amide bonds. The lowest BCUT2D eigenvalue weighted by Crippen LogP contribution is -2.27. The third-order valence-corrected chi connectivity index (χ3v) is 9.34. The molecule has 0 heterocycles. The van der Waals surface area contributed by atoms with Gasteiger partial charge < -0.3 is 4.74 Å². The van der Waals surface area contributed by atoms with E-state index in [1.807, 2.05) is 12.1 Å². The molecule has 0 N–H and O–H groups in total. The third-order valence-electron chi connectivity index (χ3n) is 5.01. The fourth-order valence-electron chi connectivity index (χ4n) is 3.64. The van der Waals surface area contributed by atoms with Crippen molar-refractivity contribution in [1.29, 1.82) is 0 Å². The number of halogens is 1. The van der Waals surface area contributed by atoms with Gasteiger partial charge in [-0.3, -0.25) is 0 Å². The quantitative estimate of drug-likeness (QED) is 0.391. The standard InChI is InChI=1S/C26H22ClOP/c1-28-26-19-21(17-18-25(26)27)20-29(22-11-5-2-6-12-22,23-13-7-3-8-14-23)24-15-9-4-10-16-24/h2-20H,1H3. The van der Waals surface area contributed by atoms with Crippen molar-refractivity contribution < 1.29 is 4.74 Å². The van der Waals surface area contributed by atoms with Gasteiger partial charge in [-0.25, -0.2) is 0 Å². The highest BCUT2D eigenvalue weighted by molar-refractivity contribution is 7.94. The Morgan fingerprint density at radius 3 is 1.52 bits per heavy atom. The van der Waals surface area contributed by atoms with Crippen LogP contribution in [0.2, 0.25) is 5.02 Å². The first-order valence-corrected chi connectivity index (χ1v) is 11.7. The highest BCUT2D eigenvalue weighted by Crippen LogP contribution is 2.44. The Hall–Kier alpha value is -2.73. The average molecular weight is 417 g/mol. The van der Waals surface area contributed by atoms with Crippen LogP contribution in [0.4, 0.5) is 0 Å². The number of hydrogen-bond acceptors (Lipinski definition) is 1. The van der Waals surface area contributed by atoms with E-state index in [-0.39, 0.29) is 0 Å². The Labute approximate surface area is 177 Å². The van der Waals surface area contributed by atoms with Crippen LogP contribution in [0.25, 0.3) is 0 Å². The van der Waals surface area contributed by atoms with Crippen LogP contribution in [0.15, 0.2) is 109 Å². The minimum Gasteiger partial charge on any atom is -0.495 e. The fourth-order valence-corrected chi connectivity index (χ4v) is 7.71. The van der Waals surface area contributed by atoms with Crippen molar-refractivity contribution in [2.75, 3.05) is 7.11 Å². The lowest BCUT2D eigenvalue weighted by Gasteiger charge is -2.29. The lowest BCUT2D eigenvalue weighted by atomic mass is 10.2. The van der Waals surface area contributed by atoms with Gasteiger partial charge in [-0.15, -0.1) is 0 Å². The van der Waals surface area contributed by atoms with Gasteiger partial charge in [-0.2, -0.15) is 0 Å². The summed E-state index contributed by atoms with van der Waals surface area (Å²) in [5, 5.41) is 4.55. The predicted octanol–water partition coefficient (Wildman–Crippen LogP) is 5.49. The van der Waals surface area contributed by atoms with Gasteiger partial charge in [0.2, 0.25) is 0 Å². The maximum absolute atomic E-state index is 6.29. The summed E-state index contributed by atoms with van der Waals surface area (Å²) in [4.78, 5) is 0. The van der Waals surface area contributed by atoms with Crippen molar-refractivity contribution in [3.8, 4) is 5.75 Å². The highest BCUT2D eigenvalue weighted by Gasteiger charge is 2.25. The molecule has 0 aliphatic carbocycles. The van der Waals surface area contributed by atoms with E-state index >= 15 is 0 Å². The van der Waals surface area contributed by atoms with Crippen LogP contribution in [0.5, 0.6) is 5.75 Å². The SMILES string of the molecule is COc1cc(C=P(c2ccccc2)(c2ccccc2)c2ccccc2)ccc1Cl. The molecule has 4 aromatic rings. The van der Waals surface area contributed by atoms with E-state index in [9.17, 15) is 0 Å². The molecule has 0 unspecified atom stereocenters. The minimum atomic E-state index is -2.04. The van der Waals surface area contributed by atoms with Crippen molar-refractivity contribution in [2.24, 2.45) is 0 Å². The van der Waals surface area contributed by atoms with Gasteiger partial charge in [0.05, 0.1) is 12.1 Å². The number of benzene rings is 4. The summed E-state index contributed by atoms with van der Waals surface area (Å²) >= 11 is 6.29. The number of methoxy groups -OCH3 is 1. The predicted molar refractivity (Wildman–Crippen MR) is 128 cm³/mol. The molecule has 0 saturated carbocycles. The Morgan fingerprint density at radius 1 is 0.655 bits per heavy atom.